The minimum Gasteiger partial charge on any atom is -0.507 e. The zero-order valence-electron chi connectivity index (χ0n) is 13.4. The molecule has 3 rings (SSSR count). The summed E-state index contributed by atoms with van der Waals surface area (Å²) in [7, 11) is 3.07. The van der Waals surface area contributed by atoms with Crippen LogP contribution in [0, 0.1) is 0 Å². The van der Waals surface area contributed by atoms with Gasteiger partial charge in [-0.25, -0.2) is 0 Å². The Hall–Kier alpha value is -3.21. The fraction of sp³-hybridized carbons (Fsp3) is 0.105. The van der Waals surface area contributed by atoms with Gasteiger partial charge in [0, 0.05) is 6.07 Å². The lowest BCUT2D eigenvalue weighted by Gasteiger charge is -2.12. The number of amides is 1. The van der Waals surface area contributed by atoms with Gasteiger partial charge in [-0.15, -0.1) is 0 Å². The molecule has 3 aromatic carbocycles. The Morgan fingerprint density at radius 2 is 1.67 bits per heavy atom. The van der Waals surface area contributed by atoms with Crippen LogP contribution in [0.3, 0.4) is 0 Å². The van der Waals surface area contributed by atoms with E-state index in [1.807, 2.05) is 24.3 Å². The molecule has 1 amide bonds. The molecule has 0 aliphatic heterocycles. The van der Waals surface area contributed by atoms with Crippen molar-refractivity contribution < 1.29 is 19.4 Å². The number of hydrogen-bond acceptors (Lipinski definition) is 4. The van der Waals surface area contributed by atoms with Crippen molar-refractivity contribution in [3.8, 4) is 17.2 Å². The number of ether oxygens (including phenoxy) is 2. The van der Waals surface area contributed by atoms with Gasteiger partial charge >= 0.3 is 0 Å². The van der Waals surface area contributed by atoms with Crippen molar-refractivity contribution in [1.82, 2.24) is 0 Å². The van der Waals surface area contributed by atoms with E-state index in [1.54, 1.807) is 37.4 Å². The molecule has 0 fully saturated rings. The smallest absolute Gasteiger partial charge is 0.259 e. The number of hydrogen-bond donors (Lipinski definition) is 2. The molecule has 0 aromatic heterocycles. The molecule has 0 spiro atoms. The average molecular weight is 323 g/mol. The summed E-state index contributed by atoms with van der Waals surface area (Å²) in [4.78, 5) is 12.5. The van der Waals surface area contributed by atoms with Crippen LogP contribution in [0.4, 0.5) is 5.69 Å². The van der Waals surface area contributed by atoms with Crippen LogP contribution < -0.4 is 14.8 Å². The normalized spacial score (nSPS) is 10.4. The largest absolute Gasteiger partial charge is 0.507 e. The van der Waals surface area contributed by atoms with Crippen molar-refractivity contribution in [2.24, 2.45) is 0 Å². The van der Waals surface area contributed by atoms with E-state index >= 15 is 0 Å². The van der Waals surface area contributed by atoms with Crippen molar-refractivity contribution in [1.29, 1.82) is 0 Å². The molecule has 5 heteroatoms. The number of fused-ring (bicyclic) bond motifs is 1. The maximum Gasteiger partial charge on any atom is 0.259 e. The zero-order chi connectivity index (χ0) is 17.1. The number of phenolic OH excluding ortho intramolecular Hbond substituents is 1. The number of phenols is 1. The van der Waals surface area contributed by atoms with Gasteiger partial charge in [0.05, 0.1) is 25.5 Å². The number of carbonyl (C=O) groups excluding carboxylic acids is 1. The summed E-state index contributed by atoms with van der Waals surface area (Å²) in [6.07, 6.45) is 0. The van der Waals surface area contributed by atoms with Crippen LogP contribution in [0.15, 0.2) is 54.6 Å². The first kappa shape index (κ1) is 15.7. The number of aromatic hydroxyl groups is 1. The lowest BCUT2D eigenvalue weighted by Crippen LogP contribution is -2.13. The van der Waals surface area contributed by atoms with Gasteiger partial charge in [0.25, 0.3) is 5.91 Å². The molecule has 0 aliphatic rings. The van der Waals surface area contributed by atoms with Gasteiger partial charge < -0.3 is 19.9 Å². The Balaban J connectivity index is 1.94. The standard InChI is InChI=1S/C19H17NO4/c1-23-14-7-8-16(18(11-14)24-2)20-19(22)15-9-12-5-3-4-6-13(12)10-17(15)21/h3-11,21H,1-2H3,(H,20,22). The second-order valence-electron chi connectivity index (χ2n) is 5.24. The predicted octanol–water partition coefficient (Wildman–Crippen LogP) is 3.81. The highest BCUT2D eigenvalue weighted by molar-refractivity contribution is 6.09. The van der Waals surface area contributed by atoms with E-state index in [9.17, 15) is 9.90 Å². The molecule has 0 heterocycles. The zero-order valence-corrected chi connectivity index (χ0v) is 13.4. The molecule has 5 nitrogen and oxygen atoms in total. The molecule has 24 heavy (non-hydrogen) atoms. The fourth-order valence-electron chi connectivity index (χ4n) is 2.50. The summed E-state index contributed by atoms with van der Waals surface area (Å²) >= 11 is 0. The number of carbonyl (C=O) groups is 1. The number of nitrogens with one attached hydrogen (secondary N) is 1. The molecule has 0 saturated carbocycles. The molecule has 0 radical (unpaired) electrons. The van der Waals surface area contributed by atoms with Crippen LogP contribution >= 0.6 is 0 Å². The summed E-state index contributed by atoms with van der Waals surface area (Å²) in [6.45, 7) is 0. The molecule has 122 valence electrons. The Morgan fingerprint density at radius 1 is 0.958 bits per heavy atom. The molecule has 0 saturated heterocycles. The number of anilines is 1. The van der Waals surface area contributed by atoms with E-state index in [4.69, 9.17) is 9.47 Å². The maximum absolute atomic E-state index is 12.5. The van der Waals surface area contributed by atoms with Crippen molar-refractivity contribution in [3.05, 3.63) is 60.2 Å². The van der Waals surface area contributed by atoms with E-state index in [2.05, 4.69) is 5.32 Å². The number of rotatable bonds is 4. The van der Waals surface area contributed by atoms with E-state index in [0.29, 0.717) is 17.2 Å². The predicted molar refractivity (Wildman–Crippen MR) is 93.1 cm³/mol. The van der Waals surface area contributed by atoms with Crippen molar-refractivity contribution in [2.75, 3.05) is 19.5 Å². The first-order valence-corrected chi connectivity index (χ1v) is 7.37. The third-order valence-electron chi connectivity index (χ3n) is 3.77. The topological polar surface area (TPSA) is 67.8 Å². The van der Waals surface area contributed by atoms with Crippen LogP contribution in [0.25, 0.3) is 10.8 Å². The van der Waals surface area contributed by atoms with Gasteiger partial charge in [0.15, 0.2) is 0 Å². The first-order chi connectivity index (χ1) is 11.6. The summed E-state index contributed by atoms with van der Waals surface area (Å²) in [5.74, 6) is 0.613. The van der Waals surface area contributed by atoms with E-state index in [1.165, 1.54) is 7.11 Å². The summed E-state index contributed by atoms with van der Waals surface area (Å²) in [5.41, 5.74) is 0.697. The molecule has 0 aliphatic carbocycles. The van der Waals surface area contributed by atoms with E-state index < -0.39 is 5.91 Å². The summed E-state index contributed by atoms with van der Waals surface area (Å²) in [6, 6.07) is 15.9. The summed E-state index contributed by atoms with van der Waals surface area (Å²) < 4.78 is 10.4. The van der Waals surface area contributed by atoms with Crippen LogP contribution in [-0.2, 0) is 0 Å². The van der Waals surface area contributed by atoms with Gasteiger partial charge in [-0.05, 0) is 35.0 Å². The third-order valence-corrected chi connectivity index (χ3v) is 3.77. The second-order valence-corrected chi connectivity index (χ2v) is 5.24. The minimum absolute atomic E-state index is 0.0707. The Bertz CT molecular complexity index is 905. The van der Waals surface area contributed by atoms with E-state index in [-0.39, 0.29) is 11.3 Å². The first-order valence-electron chi connectivity index (χ1n) is 7.37. The second kappa shape index (κ2) is 6.50. The van der Waals surface area contributed by atoms with E-state index in [0.717, 1.165) is 10.8 Å². The van der Waals surface area contributed by atoms with Gasteiger partial charge in [0.2, 0.25) is 0 Å². The molecule has 3 aromatic rings. The lowest BCUT2D eigenvalue weighted by atomic mass is 10.1. The maximum atomic E-state index is 12.5. The monoisotopic (exact) mass is 323 g/mol. The van der Waals surface area contributed by atoms with Crippen LogP contribution in [-0.4, -0.2) is 25.2 Å². The van der Waals surface area contributed by atoms with Gasteiger partial charge in [0.1, 0.15) is 17.2 Å². The highest BCUT2D eigenvalue weighted by Gasteiger charge is 2.15. The molecular formula is C19H17NO4. The van der Waals surface area contributed by atoms with Crippen LogP contribution in [0.2, 0.25) is 0 Å². The Kier molecular flexibility index (Phi) is 4.24. The van der Waals surface area contributed by atoms with Crippen LogP contribution in [0.1, 0.15) is 10.4 Å². The number of methoxy groups -OCH3 is 2. The average Bonchev–Trinajstić information content (AvgIpc) is 2.61. The Morgan fingerprint density at radius 3 is 2.33 bits per heavy atom. The van der Waals surface area contributed by atoms with Gasteiger partial charge in [-0.2, -0.15) is 0 Å². The van der Waals surface area contributed by atoms with Gasteiger partial charge in [-0.3, -0.25) is 4.79 Å². The number of benzene rings is 3. The minimum atomic E-state index is -0.415. The SMILES string of the molecule is COc1ccc(NC(=O)c2cc3ccccc3cc2O)c(OC)c1. The van der Waals surface area contributed by atoms with Crippen LogP contribution in [0.5, 0.6) is 17.2 Å². The van der Waals surface area contributed by atoms with Gasteiger partial charge in [-0.1, -0.05) is 24.3 Å². The lowest BCUT2D eigenvalue weighted by molar-refractivity contribution is 0.102. The van der Waals surface area contributed by atoms with Crippen molar-refractivity contribution in [2.45, 2.75) is 0 Å². The Labute approximate surface area is 139 Å². The molecule has 0 unspecified atom stereocenters. The summed E-state index contributed by atoms with van der Waals surface area (Å²) in [5, 5.41) is 14.7. The third kappa shape index (κ3) is 2.96. The molecule has 0 atom stereocenters. The molecular weight excluding hydrogens is 306 g/mol. The van der Waals surface area contributed by atoms with Crippen molar-refractivity contribution in [3.63, 3.8) is 0 Å². The van der Waals surface area contributed by atoms with Crippen molar-refractivity contribution >= 4 is 22.4 Å². The molecule has 0 bridgehead atoms. The highest BCUT2D eigenvalue weighted by atomic mass is 16.5. The quantitative estimate of drug-likeness (QED) is 0.766. The fourth-order valence-corrected chi connectivity index (χ4v) is 2.50. The highest BCUT2D eigenvalue weighted by Crippen LogP contribution is 2.31. The molecule has 2 N–H and O–H groups in total.